The molecule has 6 rings (SSSR count). The van der Waals surface area contributed by atoms with Gasteiger partial charge in [0.1, 0.15) is 5.75 Å². The van der Waals surface area contributed by atoms with Gasteiger partial charge in [0, 0.05) is 29.1 Å². The van der Waals surface area contributed by atoms with Crippen molar-refractivity contribution in [2.75, 3.05) is 30.3 Å². The van der Waals surface area contributed by atoms with Gasteiger partial charge in [-0.25, -0.2) is 13.1 Å². The smallest absolute Gasteiger partial charge is 0.264 e. The van der Waals surface area contributed by atoms with Crippen LogP contribution in [0.15, 0.2) is 36.4 Å². The number of sulfonamides is 1. The van der Waals surface area contributed by atoms with Crippen LogP contribution in [0.5, 0.6) is 5.75 Å². The van der Waals surface area contributed by atoms with Gasteiger partial charge >= 0.3 is 0 Å². The first kappa shape index (κ1) is 26.9. The molecule has 2 aliphatic carbocycles. The summed E-state index contributed by atoms with van der Waals surface area (Å²) in [6, 6.07) is 11.7. The Kier molecular flexibility index (Phi) is 7.34. The Bertz CT molecular complexity index is 1360. The fraction of sp³-hybridized carbons (Fsp3) is 0.581. The Morgan fingerprint density at radius 1 is 1.05 bits per heavy atom. The van der Waals surface area contributed by atoms with E-state index in [0.29, 0.717) is 36.3 Å². The van der Waals surface area contributed by atoms with E-state index in [2.05, 4.69) is 28.7 Å². The number of halogens is 1. The van der Waals surface area contributed by atoms with E-state index >= 15 is 0 Å². The third kappa shape index (κ3) is 5.41. The van der Waals surface area contributed by atoms with Gasteiger partial charge in [0.25, 0.3) is 5.91 Å². The van der Waals surface area contributed by atoms with Crippen LogP contribution in [0.3, 0.4) is 0 Å². The van der Waals surface area contributed by atoms with Crippen molar-refractivity contribution < 1.29 is 17.9 Å². The fourth-order valence-corrected chi connectivity index (χ4v) is 8.79. The average molecular weight is 571 g/mol. The van der Waals surface area contributed by atoms with Crippen molar-refractivity contribution in [1.29, 1.82) is 0 Å². The molecule has 6 nitrogen and oxygen atoms in total. The number of benzene rings is 2. The highest BCUT2D eigenvalue weighted by atomic mass is 35.5. The summed E-state index contributed by atoms with van der Waals surface area (Å²) in [4.78, 5) is 15.5. The lowest BCUT2D eigenvalue weighted by molar-refractivity contribution is 0.0981. The Morgan fingerprint density at radius 3 is 2.74 bits per heavy atom. The first-order valence-corrected chi connectivity index (χ1v) is 16.6. The SMILES string of the molecule is C[C@@H]1CCCCCS(=O)(=O)NC(=O)c2ccc3c(c2)N(C[C@@H]2CC[C@H]21)C[C@@]1(CCCc2cc(Cl)ccc21)CO3. The van der Waals surface area contributed by atoms with Crippen molar-refractivity contribution >= 4 is 33.2 Å². The number of ether oxygens (including phenoxy) is 1. The molecular formula is C31H39ClN2O4S. The molecule has 0 unspecified atom stereocenters. The standard InChI is InChI=1S/C31H39ClN2O4S/c1-21-6-3-2-4-15-39(36,37)33-30(35)23-9-13-29-28(17-23)34(18-24-8-11-26(21)24)19-31(20-38-29)14-5-7-22-16-25(32)10-12-27(22)31/h9-10,12-13,16-17,21,24,26H,2-8,11,14-15,18-20H2,1H3,(H,33,35)/t21-,24+,26+,31+/m1/s1. The van der Waals surface area contributed by atoms with Crippen LogP contribution in [0.4, 0.5) is 5.69 Å². The number of nitrogens with zero attached hydrogens (tertiary/aromatic N) is 1. The van der Waals surface area contributed by atoms with Crippen LogP contribution in [-0.4, -0.2) is 39.8 Å². The lowest BCUT2D eigenvalue weighted by Gasteiger charge is -2.46. The largest absolute Gasteiger partial charge is 0.490 e. The van der Waals surface area contributed by atoms with E-state index in [9.17, 15) is 13.2 Å². The maximum Gasteiger partial charge on any atom is 0.264 e. The van der Waals surface area contributed by atoms with Gasteiger partial charge < -0.3 is 9.64 Å². The minimum absolute atomic E-state index is 0.0225. The van der Waals surface area contributed by atoms with Gasteiger partial charge in [0.05, 0.1) is 18.0 Å². The van der Waals surface area contributed by atoms with E-state index in [0.717, 1.165) is 68.1 Å². The molecule has 1 saturated carbocycles. The third-order valence-corrected chi connectivity index (χ3v) is 11.3. The molecule has 1 spiro atoms. The van der Waals surface area contributed by atoms with E-state index in [1.165, 1.54) is 24.0 Å². The third-order valence-electron chi connectivity index (χ3n) is 9.78. The molecule has 210 valence electrons. The van der Waals surface area contributed by atoms with Crippen molar-refractivity contribution in [3.05, 3.63) is 58.1 Å². The summed E-state index contributed by atoms with van der Waals surface area (Å²) in [6.07, 6.45) is 9.19. The van der Waals surface area contributed by atoms with Gasteiger partial charge in [-0.3, -0.25) is 4.79 Å². The zero-order valence-electron chi connectivity index (χ0n) is 22.8. The van der Waals surface area contributed by atoms with E-state index in [-0.39, 0.29) is 11.2 Å². The van der Waals surface area contributed by atoms with Crippen molar-refractivity contribution in [2.45, 2.75) is 70.1 Å². The fourth-order valence-electron chi connectivity index (χ4n) is 7.51. The number of amides is 1. The molecular weight excluding hydrogens is 532 g/mol. The highest BCUT2D eigenvalue weighted by Crippen LogP contribution is 2.47. The molecule has 0 saturated heterocycles. The number of anilines is 1. The zero-order valence-corrected chi connectivity index (χ0v) is 24.3. The van der Waals surface area contributed by atoms with E-state index in [1.54, 1.807) is 6.07 Å². The molecule has 2 heterocycles. The second kappa shape index (κ2) is 10.6. The van der Waals surface area contributed by atoms with Crippen molar-refractivity contribution in [2.24, 2.45) is 17.8 Å². The van der Waals surface area contributed by atoms with Gasteiger partial charge in [0.15, 0.2) is 0 Å². The number of carbonyl (C=O) groups excluding carboxylic acids is 1. The van der Waals surface area contributed by atoms with Crippen LogP contribution < -0.4 is 14.4 Å². The van der Waals surface area contributed by atoms with Crippen LogP contribution in [0.2, 0.25) is 5.02 Å². The Morgan fingerprint density at radius 2 is 1.92 bits per heavy atom. The van der Waals surface area contributed by atoms with E-state index in [4.69, 9.17) is 16.3 Å². The second-order valence-corrected chi connectivity index (χ2v) is 14.6. The predicted molar refractivity (Wildman–Crippen MR) is 155 cm³/mol. The topological polar surface area (TPSA) is 75.7 Å². The van der Waals surface area contributed by atoms with Gasteiger partial charge in [-0.2, -0.15) is 0 Å². The second-order valence-electron chi connectivity index (χ2n) is 12.4. The average Bonchev–Trinajstić information content (AvgIpc) is 3.02. The van der Waals surface area contributed by atoms with Crippen molar-refractivity contribution in [3.8, 4) is 5.75 Å². The van der Waals surface area contributed by atoms with Crippen LogP contribution in [0.1, 0.15) is 79.8 Å². The summed E-state index contributed by atoms with van der Waals surface area (Å²) >= 11 is 6.39. The summed E-state index contributed by atoms with van der Waals surface area (Å²) in [5, 5.41) is 0.769. The minimum Gasteiger partial charge on any atom is -0.490 e. The van der Waals surface area contributed by atoms with Crippen LogP contribution in [0, 0.1) is 17.8 Å². The number of fused-ring (bicyclic) bond motifs is 4. The van der Waals surface area contributed by atoms with E-state index in [1.807, 2.05) is 18.2 Å². The molecule has 1 fully saturated rings. The number of rotatable bonds is 0. The normalized spacial score (nSPS) is 30.7. The Labute approximate surface area is 237 Å². The van der Waals surface area contributed by atoms with Gasteiger partial charge in [-0.05, 0) is 97.7 Å². The lowest BCUT2D eigenvalue weighted by atomic mass is 9.65. The quantitative estimate of drug-likeness (QED) is 0.414. The van der Waals surface area contributed by atoms with Gasteiger partial charge in [0.2, 0.25) is 10.0 Å². The number of hydrogen-bond donors (Lipinski definition) is 1. The predicted octanol–water partition coefficient (Wildman–Crippen LogP) is 6.11. The Hall–Kier alpha value is -2.25. The molecule has 2 aromatic carbocycles. The summed E-state index contributed by atoms with van der Waals surface area (Å²) in [6.45, 7) is 4.65. The lowest BCUT2D eigenvalue weighted by Crippen LogP contribution is -2.49. The number of carbonyl (C=O) groups is 1. The number of nitrogens with one attached hydrogen (secondary N) is 1. The van der Waals surface area contributed by atoms with Crippen LogP contribution >= 0.6 is 11.6 Å². The summed E-state index contributed by atoms with van der Waals surface area (Å²) in [7, 11) is -3.69. The molecule has 8 heteroatoms. The minimum atomic E-state index is -3.69. The van der Waals surface area contributed by atoms with Gasteiger partial charge in [-0.15, -0.1) is 0 Å². The molecule has 1 amide bonds. The number of hydrogen-bond acceptors (Lipinski definition) is 5. The summed E-state index contributed by atoms with van der Waals surface area (Å²) in [5.74, 6) is 2.06. The molecule has 39 heavy (non-hydrogen) atoms. The number of aryl methyl sites for hydroxylation is 1. The van der Waals surface area contributed by atoms with Crippen LogP contribution in [-0.2, 0) is 21.9 Å². The maximum atomic E-state index is 13.1. The van der Waals surface area contributed by atoms with E-state index < -0.39 is 15.9 Å². The molecule has 1 N–H and O–H groups in total. The Balaban J connectivity index is 1.40. The molecule has 2 aliphatic heterocycles. The molecule has 4 aliphatic rings. The molecule has 0 radical (unpaired) electrons. The molecule has 2 bridgehead atoms. The van der Waals surface area contributed by atoms with Crippen molar-refractivity contribution in [3.63, 3.8) is 0 Å². The zero-order chi connectivity index (χ0) is 27.2. The maximum absolute atomic E-state index is 13.1. The van der Waals surface area contributed by atoms with Gasteiger partial charge in [-0.1, -0.05) is 43.9 Å². The highest BCUT2D eigenvalue weighted by Gasteiger charge is 2.44. The molecule has 0 aromatic heterocycles. The summed E-state index contributed by atoms with van der Waals surface area (Å²) in [5.41, 5.74) is 3.69. The first-order valence-electron chi connectivity index (χ1n) is 14.6. The highest BCUT2D eigenvalue weighted by molar-refractivity contribution is 7.90. The molecule has 2 aromatic rings. The molecule has 4 atom stereocenters. The van der Waals surface area contributed by atoms with Crippen molar-refractivity contribution in [1.82, 2.24) is 4.72 Å². The first-order chi connectivity index (χ1) is 18.7. The summed E-state index contributed by atoms with van der Waals surface area (Å²) < 4.78 is 34.2. The monoisotopic (exact) mass is 570 g/mol. The van der Waals surface area contributed by atoms with Crippen LogP contribution in [0.25, 0.3) is 0 Å².